The van der Waals surface area contributed by atoms with Crippen molar-refractivity contribution in [3.05, 3.63) is 65.2 Å². The zero-order valence-electron chi connectivity index (χ0n) is 18.5. The highest BCUT2D eigenvalue weighted by atomic mass is 16.6. The molecule has 2 N–H and O–H groups in total. The molecule has 2 amide bonds. The minimum Gasteiger partial charge on any atom is -0.460 e. The van der Waals surface area contributed by atoms with Gasteiger partial charge in [0.15, 0.2) is 0 Å². The number of rotatable bonds is 8. The van der Waals surface area contributed by atoms with E-state index in [1.54, 1.807) is 45.0 Å². The second-order valence-corrected chi connectivity index (χ2v) is 8.18. The zero-order valence-corrected chi connectivity index (χ0v) is 18.5. The Morgan fingerprint density at radius 2 is 1.58 bits per heavy atom. The predicted octanol–water partition coefficient (Wildman–Crippen LogP) is 4.25. The third-order valence-corrected chi connectivity index (χ3v) is 4.18. The summed E-state index contributed by atoms with van der Waals surface area (Å²) in [6.07, 6.45) is 0.472. The Morgan fingerprint density at radius 3 is 2.19 bits per heavy atom. The van der Waals surface area contributed by atoms with Gasteiger partial charge in [-0.2, -0.15) is 0 Å². The van der Waals surface area contributed by atoms with Gasteiger partial charge in [-0.15, -0.1) is 0 Å². The van der Waals surface area contributed by atoms with E-state index in [4.69, 9.17) is 9.47 Å². The Bertz CT molecular complexity index is 884. The molecule has 0 spiro atoms. The highest BCUT2D eigenvalue weighted by Crippen LogP contribution is 2.13. The van der Waals surface area contributed by atoms with Gasteiger partial charge in [0, 0.05) is 12.1 Å². The Morgan fingerprint density at radius 1 is 0.935 bits per heavy atom. The molecule has 0 fully saturated rings. The molecule has 166 valence electrons. The summed E-state index contributed by atoms with van der Waals surface area (Å²) in [6, 6.07) is 14.3. The normalized spacial score (nSPS) is 10.8. The van der Waals surface area contributed by atoms with E-state index in [9.17, 15) is 14.4 Å². The van der Waals surface area contributed by atoms with Crippen LogP contribution in [0.1, 0.15) is 48.7 Å². The van der Waals surface area contributed by atoms with Crippen molar-refractivity contribution < 1.29 is 23.9 Å². The van der Waals surface area contributed by atoms with E-state index >= 15 is 0 Å². The second-order valence-electron chi connectivity index (χ2n) is 8.18. The fraction of sp³-hybridized carbons (Fsp3) is 0.375. The van der Waals surface area contributed by atoms with E-state index in [2.05, 4.69) is 10.6 Å². The molecule has 7 heteroatoms. The number of carbonyl (C=O) groups excluding carboxylic acids is 3. The number of nitrogens with one attached hydrogen (secondary N) is 2. The average Bonchev–Trinajstić information content (AvgIpc) is 2.69. The Labute approximate surface area is 183 Å². The molecule has 0 heterocycles. The molecule has 2 aromatic carbocycles. The molecule has 0 saturated carbocycles. The average molecular weight is 427 g/mol. The van der Waals surface area contributed by atoms with Gasteiger partial charge < -0.3 is 14.8 Å². The van der Waals surface area contributed by atoms with Crippen LogP contribution in [0.25, 0.3) is 0 Å². The van der Waals surface area contributed by atoms with Crippen LogP contribution in [0.15, 0.2) is 48.5 Å². The minimum atomic E-state index is -0.593. The highest BCUT2D eigenvalue weighted by Gasteiger charge is 2.16. The van der Waals surface area contributed by atoms with E-state index in [1.807, 2.05) is 31.2 Å². The summed E-state index contributed by atoms with van der Waals surface area (Å²) < 4.78 is 10.4. The van der Waals surface area contributed by atoms with Gasteiger partial charge in [0.25, 0.3) is 0 Å². The lowest BCUT2D eigenvalue weighted by Crippen LogP contribution is -2.28. The van der Waals surface area contributed by atoms with Gasteiger partial charge >= 0.3 is 12.1 Å². The predicted molar refractivity (Wildman–Crippen MR) is 119 cm³/mol. The molecular weight excluding hydrogens is 396 g/mol. The van der Waals surface area contributed by atoms with E-state index in [-0.39, 0.29) is 19.1 Å². The van der Waals surface area contributed by atoms with Gasteiger partial charge in [0.1, 0.15) is 12.2 Å². The molecule has 0 bridgehead atoms. The number of carbonyl (C=O) groups is 3. The molecule has 0 saturated heterocycles. The van der Waals surface area contributed by atoms with Crippen LogP contribution in [0.5, 0.6) is 0 Å². The van der Waals surface area contributed by atoms with Gasteiger partial charge in [-0.3, -0.25) is 10.1 Å². The third kappa shape index (κ3) is 9.33. The van der Waals surface area contributed by atoms with Gasteiger partial charge in [-0.25, -0.2) is 9.59 Å². The molecular formula is C24H30N2O5. The van der Waals surface area contributed by atoms with Crippen LogP contribution in [0.3, 0.4) is 0 Å². The summed E-state index contributed by atoms with van der Waals surface area (Å²) >= 11 is 0. The van der Waals surface area contributed by atoms with Crippen LogP contribution >= 0.6 is 0 Å². The number of amides is 2. The molecule has 2 aromatic rings. The third-order valence-electron chi connectivity index (χ3n) is 4.18. The molecule has 0 aliphatic rings. The lowest BCUT2D eigenvalue weighted by atomic mass is 10.1. The standard InChI is InChI=1S/C24H30N2O5/c1-17-5-7-18(8-6-17)9-14-21(27)25-15-16-30-22(28)19-10-12-20(13-11-19)26-23(29)31-24(2,3)4/h5-8,10-13H,9,14-16H2,1-4H3,(H,25,27)(H,26,29). The van der Waals surface area contributed by atoms with Crippen molar-refractivity contribution in [3.63, 3.8) is 0 Å². The van der Waals surface area contributed by atoms with Gasteiger partial charge in [-0.1, -0.05) is 29.8 Å². The summed E-state index contributed by atoms with van der Waals surface area (Å²) in [5.41, 5.74) is 2.55. The van der Waals surface area contributed by atoms with Gasteiger partial charge in [0.2, 0.25) is 5.91 Å². The minimum absolute atomic E-state index is 0.0764. The molecule has 0 radical (unpaired) electrons. The Balaban J connectivity index is 1.67. The van der Waals surface area contributed by atoms with Crippen molar-refractivity contribution in [2.45, 2.75) is 46.1 Å². The van der Waals surface area contributed by atoms with E-state index in [0.717, 1.165) is 5.56 Å². The lowest BCUT2D eigenvalue weighted by molar-refractivity contribution is -0.121. The number of ether oxygens (including phenoxy) is 2. The maximum Gasteiger partial charge on any atom is 0.412 e. The number of esters is 1. The number of hydrogen-bond donors (Lipinski definition) is 2. The summed E-state index contributed by atoms with van der Waals surface area (Å²) in [4.78, 5) is 35.8. The first-order valence-corrected chi connectivity index (χ1v) is 10.2. The van der Waals surface area contributed by atoms with Crippen LogP contribution in [0.2, 0.25) is 0 Å². The SMILES string of the molecule is Cc1ccc(CCC(=O)NCCOC(=O)c2ccc(NC(=O)OC(C)(C)C)cc2)cc1. The maximum atomic E-state index is 12.1. The molecule has 2 rings (SSSR count). The zero-order chi connectivity index (χ0) is 22.9. The van der Waals surface area contributed by atoms with Crippen molar-refractivity contribution in [1.82, 2.24) is 5.32 Å². The number of benzene rings is 2. The first-order chi connectivity index (χ1) is 14.6. The maximum absolute atomic E-state index is 12.1. The Kier molecular flexibility index (Phi) is 8.61. The highest BCUT2D eigenvalue weighted by molar-refractivity contribution is 5.91. The van der Waals surface area contributed by atoms with E-state index in [1.165, 1.54) is 5.56 Å². The first kappa shape index (κ1) is 23.9. The van der Waals surface area contributed by atoms with Crippen molar-refractivity contribution in [1.29, 1.82) is 0 Å². The summed E-state index contributed by atoms with van der Waals surface area (Å²) in [7, 11) is 0. The van der Waals surface area contributed by atoms with E-state index < -0.39 is 17.7 Å². The molecule has 0 aromatic heterocycles. The van der Waals surface area contributed by atoms with Crippen LogP contribution in [-0.4, -0.2) is 36.7 Å². The fourth-order valence-electron chi connectivity index (χ4n) is 2.63. The topological polar surface area (TPSA) is 93.7 Å². The molecule has 0 aliphatic heterocycles. The molecule has 0 atom stereocenters. The quantitative estimate of drug-likeness (QED) is 0.486. The summed E-state index contributed by atoms with van der Waals surface area (Å²) in [5.74, 6) is -0.591. The molecule has 7 nitrogen and oxygen atoms in total. The smallest absolute Gasteiger partial charge is 0.412 e. The van der Waals surface area contributed by atoms with Crippen LogP contribution in [0.4, 0.5) is 10.5 Å². The van der Waals surface area contributed by atoms with Crippen molar-refractivity contribution in [3.8, 4) is 0 Å². The number of hydrogen-bond acceptors (Lipinski definition) is 5. The van der Waals surface area contributed by atoms with Crippen LogP contribution in [-0.2, 0) is 20.7 Å². The second kappa shape index (κ2) is 11.2. The van der Waals surface area contributed by atoms with Gasteiger partial charge in [0.05, 0.1) is 12.1 Å². The van der Waals surface area contributed by atoms with Crippen LogP contribution in [0, 0.1) is 6.92 Å². The monoisotopic (exact) mass is 426 g/mol. The molecule has 0 aliphatic carbocycles. The molecule has 31 heavy (non-hydrogen) atoms. The first-order valence-electron chi connectivity index (χ1n) is 10.2. The largest absolute Gasteiger partial charge is 0.460 e. The van der Waals surface area contributed by atoms with E-state index in [0.29, 0.717) is 24.1 Å². The van der Waals surface area contributed by atoms with Gasteiger partial charge in [-0.05, 0) is 63.9 Å². The summed E-state index contributed by atoms with van der Waals surface area (Å²) in [6.45, 7) is 7.67. The van der Waals surface area contributed by atoms with Crippen molar-refractivity contribution in [2.75, 3.05) is 18.5 Å². The lowest BCUT2D eigenvalue weighted by Gasteiger charge is -2.19. The fourth-order valence-corrected chi connectivity index (χ4v) is 2.63. The van der Waals surface area contributed by atoms with Crippen molar-refractivity contribution in [2.24, 2.45) is 0 Å². The summed E-state index contributed by atoms with van der Waals surface area (Å²) in [5, 5.41) is 5.34. The Hall–Kier alpha value is -3.35. The van der Waals surface area contributed by atoms with Crippen molar-refractivity contribution >= 4 is 23.7 Å². The molecule has 0 unspecified atom stereocenters. The number of anilines is 1. The van der Waals surface area contributed by atoms with Crippen LogP contribution < -0.4 is 10.6 Å². The number of aryl methyl sites for hydroxylation is 2.